The summed E-state index contributed by atoms with van der Waals surface area (Å²) in [6, 6.07) is 9.26. The Morgan fingerprint density at radius 1 is 1.41 bits per heavy atom. The Hall–Kier alpha value is -0.540. The molecule has 3 rings (SSSR count). The molecule has 1 heterocycles. The van der Waals surface area contributed by atoms with Gasteiger partial charge in [-0.1, -0.05) is 22.0 Å². The highest BCUT2D eigenvalue weighted by molar-refractivity contribution is 9.10. The molecular weight excluding hydrogens is 276 g/mol. The number of nitrogens with zero attached hydrogens (tertiary/aromatic N) is 1. The number of hydrogen-bond acceptors (Lipinski definition) is 2. The monoisotopic (exact) mass is 294 g/mol. The van der Waals surface area contributed by atoms with Crippen molar-refractivity contribution in [3.8, 4) is 0 Å². The third-order valence-corrected chi connectivity index (χ3v) is 4.57. The van der Waals surface area contributed by atoms with E-state index in [-0.39, 0.29) is 0 Å². The van der Waals surface area contributed by atoms with Crippen LogP contribution in [0.5, 0.6) is 0 Å². The van der Waals surface area contributed by atoms with Gasteiger partial charge < -0.3 is 10.2 Å². The number of hydrogen-bond donors (Lipinski definition) is 1. The lowest BCUT2D eigenvalue weighted by atomic mass is 10.1. The van der Waals surface area contributed by atoms with E-state index >= 15 is 0 Å². The minimum atomic E-state index is 0.563. The number of nitrogens with one attached hydrogen (secondary N) is 1. The molecule has 1 spiro atoms. The van der Waals surface area contributed by atoms with Gasteiger partial charge >= 0.3 is 0 Å². The summed E-state index contributed by atoms with van der Waals surface area (Å²) in [5.41, 5.74) is 1.91. The van der Waals surface area contributed by atoms with E-state index in [1.807, 2.05) is 0 Å². The van der Waals surface area contributed by atoms with E-state index in [0.717, 1.165) is 6.54 Å². The molecular formula is C14H19BrN2. The molecule has 1 N–H and O–H groups in total. The molecule has 0 amide bonds. The highest BCUT2D eigenvalue weighted by Gasteiger charge is 2.45. The molecule has 1 atom stereocenters. The van der Waals surface area contributed by atoms with Crippen LogP contribution < -0.4 is 10.2 Å². The number of halogens is 1. The largest absolute Gasteiger partial charge is 0.367 e. The number of rotatable bonds is 1. The van der Waals surface area contributed by atoms with E-state index in [0.29, 0.717) is 11.5 Å². The van der Waals surface area contributed by atoms with Crippen LogP contribution in [-0.2, 0) is 0 Å². The summed E-state index contributed by atoms with van der Waals surface area (Å²) < 4.78 is 1.17. The number of benzene rings is 1. The molecule has 0 aromatic heterocycles. The van der Waals surface area contributed by atoms with Crippen molar-refractivity contribution in [2.24, 2.45) is 5.41 Å². The molecule has 17 heavy (non-hydrogen) atoms. The maximum absolute atomic E-state index is 3.61. The second kappa shape index (κ2) is 4.29. The fraction of sp³-hybridized carbons (Fsp3) is 0.571. The summed E-state index contributed by atoms with van der Waals surface area (Å²) in [7, 11) is 0. The predicted octanol–water partition coefficient (Wildman–Crippen LogP) is 3.03. The molecule has 1 aliphatic heterocycles. The first kappa shape index (κ1) is 11.5. The van der Waals surface area contributed by atoms with E-state index in [9.17, 15) is 0 Å². The normalized spacial score (nSPS) is 26.9. The summed E-state index contributed by atoms with van der Waals surface area (Å²) in [6.45, 7) is 5.81. The third kappa shape index (κ3) is 2.36. The van der Waals surface area contributed by atoms with Gasteiger partial charge in [0.05, 0.1) is 0 Å². The average molecular weight is 295 g/mol. The van der Waals surface area contributed by atoms with Gasteiger partial charge in [-0.3, -0.25) is 0 Å². The Balaban J connectivity index is 1.88. The molecule has 1 aliphatic carbocycles. The van der Waals surface area contributed by atoms with Gasteiger partial charge in [-0.15, -0.1) is 0 Å². The Morgan fingerprint density at radius 2 is 2.24 bits per heavy atom. The summed E-state index contributed by atoms with van der Waals surface area (Å²) in [4.78, 5) is 2.57. The second-order valence-electron chi connectivity index (χ2n) is 5.59. The Bertz CT molecular complexity index is 414. The zero-order valence-corrected chi connectivity index (χ0v) is 11.8. The minimum Gasteiger partial charge on any atom is -0.367 e. The van der Waals surface area contributed by atoms with Crippen LogP contribution in [0.2, 0.25) is 0 Å². The van der Waals surface area contributed by atoms with E-state index < -0.39 is 0 Å². The zero-order valence-electron chi connectivity index (χ0n) is 10.2. The lowest BCUT2D eigenvalue weighted by Gasteiger charge is -2.31. The molecule has 1 saturated carbocycles. The van der Waals surface area contributed by atoms with Crippen molar-refractivity contribution in [2.45, 2.75) is 25.8 Å². The Morgan fingerprint density at radius 3 is 2.94 bits per heavy atom. The second-order valence-corrected chi connectivity index (χ2v) is 6.50. The molecule has 0 radical (unpaired) electrons. The van der Waals surface area contributed by atoms with Gasteiger partial charge in [-0.05, 0) is 38.0 Å². The van der Waals surface area contributed by atoms with Crippen LogP contribution in [0.25, 0.3) is 0 Å². The van der Waals surface area contributed by atoms with Crippen molar-refractivity contribution in [3.05, 3.63) is 28.7 Å². The fourth-order valence-electron chi connectivity index (χ4n) is 2.74. The molecule has 1 unspecified atom stereocenters. The smallest absolute Gasteiger partial charge is 0.0386 e. The summed E-state index contributed by atoms with van der Waals surface area (Å²) in [6.07, 6.45) is 2.77. The molecule has 92 valence electrons. The SMILES string of the molecule is CC1CNCC2(CC2)CN1c1cccc(Br)c1. The Labute approximate surface area is 112 Å². The van der Waals surface area contributed by atoms with E-state index in [1.165, 1.54) is 36.1 Å². The topological polar surface area (TPSA) is 15.3 Å². The molecule has 1 aromatic rings. The van der Waals surface area contributed by atoms with Crippen molar-refractivity contribution >= 4 is 21.6 Å². The molecule has 0 bridgehead atoms. The molecule has 1 aromatic carbocycles. The van der Waals surface area contributed by atoms with Gasteiger partial charge in [0.25, 0.3) is 0 Å². The van der Waals surface area contributed by atoms with E-state index in [1.54, 1.807) is 0 Å². The van der Waals surface area contributed by atoms with Crippen LogP contribution in [0.1, 0.15) is 19.8 Å². The van der Waals surface area contributed by atoms with Crippen molar-refractivity contribution in [1.82, 2.24) is 5.32 Å². The minimum absolute atomic E-state index is 0.563. The molecule has 3 heteroatoms. The lowest BCUT2D eigenvalue weighted by molar-refractivity contribution is 0.500. The van der Waals surface area contributed by atoms with Crippen LogP contribution >= 0.6 is 15.9 Å². The van der Waals surface area contributed by atoms with Crippen molar-refractivity contribution < 1.29 is 0 Å². The standard InChI is InChI=1S/C14H19BrN2/c1-11-8-16-9-14(5-6-14)10-17(11)13-4-2-3-12(15)7-13/h2-4,7,11,16H,5-6,8-10H2,1H3. The first-order valence-electron chi connectivity index (χ1n) is 6.42. The first-order valence-corrected chi connectivity index (χ1v) is 7.21. The van der Waals surface area contributed by atoms with E-state index in [4.69, 9.17) is 0 Å². The van der Waals surface area contributed by atoms with Crippen LogP contribution in [0.15, 0.2) is 28.7 Å². The Kier molecular flexibility index (Phi) is 2.91. The van der Waals surface area contributed by atoms with Gasteiger partial charge in [-0.2, -0.15) is 0 Å². The molecule has 1 saturated heterocycles. The highest BCUT2D eigenvalue weighted by Crippen LogP contribution is 2.47. The van der Waals surface area contributed by atoms with Crippen LogP contribution in [0, 0.1) is 5.41 Å². The first-order chi connectivity index (χ1) is 8.19. The van der Waals surface area contributed by atoms with Crippen LogP contribution in [0.4, 0.5) is 5.69 Å². The summed E-state index contributed by atoms with van der Waals surface area (Å²) >= 11 is 3.57. The molecule has 2 aliphatic rings. The summed E-state index contributed by atoms with van der Waals surface area (Å²) in [5, 5.41) is 3.61. The zero-order chi connectivity index (χ0) is 11.9. The summed E-state index contributed by atoms with van der Waals surface area (Å²) in [5.74, 6) is 0. The third-order valence-electron chi connectivity index (χ3n) is 4.07. The highest BCUT2D eigenvalue weighted by atomic mass is 79.9. The van der Waals surface area contributed by atoms with Crippen molar-refractivity contribution in [1.29, 1.82) is 0 Å². The van der Waals surface area contributed by atoms with Gasteiger partial charge in [0, 0.05) is 41.3 Å². The van der Waals surface area contributed by atoms with Crippen molar-refractivity contribution in [3.63, 3.8) is 0 Å². The van der Waals surface area contributed by atoms with Crippen LogP contribution in [0.3, 0.4) is 0 Å². The number of anilines is 1. The predicted molar refractivity (Wildman–Crippen MR) is 75.5 cm³/mol. The molecule has 2 nitrogen and oxygen atoms in total. The average Bonchev–Trinajstić information content (AvgIpc) is 3.08. The molecule has 2 fully saturated rings. The van der Waals surface area contributed by atoms with Gasteiger partial charge in [0.1, 0.15) is 0 Å². The lowest BCUT2D eigenvalue weighted by Crippen LogP contribution is -2.38. The van der Waals surface area contributed by atoms with Gasteiger partial charge in [-0.25, -0.2) is 0 Å². The van der Waals surface area contributed by atoms with Crippen LogP contribution in [-0.4, -0.2) is 25.7 Å². The quantitative estimate of drug-likeness (QED) is 0.856. The van der Waals surface area contributed by atoms with Gasteiger partial charge in [0.2, 0.25) is 0 Å². The van der Waals surface area contributed by atoms with Gasteiger partial charge in [0.15, 0.2) is 0 Å². The maximum Gasteiger partial charge on any atom is 0.0386 e. The maximum atomic E-state index is 3.61. The van der Waals surface area contributed by atoms with E-state index in [2.05, 4.69) is 57.3 Å². The van der Waals surface area contributed by atoms with Crippen molar-refractivity contribution in [2.75, 3.05) is 24.5 Å². The fourth-order valence-corrected chi connectivity index (χ4v) is 3.13.